The van der Waals surface area contributed by atoms with Crippen molar-refractivity contribution in [1.29, 1.82) is 0 Å². The van der Waals surface area contributed by atoms with E-state index in [9.17, 15) is 4.79 Å². The van der Waals surface area contributed by atoms with Crippen LogP contribution in [-0.4, -0.2) is 5.91 Å². The molecule has 4 nitrogen and oxygen atoms in total. The highest BCUT2D eigenvalue weighted by Crippen LogP contribution is 2.33. The minimum Gasteiger partial charge on any atom is -0.397 e. The van der Waals surface area contributed by atoms with Crippen molar-refractivity contribution in [2.75, 3.05) is 16.4 Å². The highest BCUT2D eigenvalue weighted by Gasteiger charge is 2.16. The molecule has 0 saturated heterocycles. The molecule has 0 saturated carbocycles. The average molecular weight is 346 g/mol. The SMILES string of the molecule is Cc1cc(Br)ccc1Nc1cc2c(cc1N)CCC(=O)N2. The third-order valence-electron chi connectivity index (χ3n) is 3.63. The number of nitrogens with two attached hydrogens (primary N) is 1. The minimum atomic E-state index is 0.0537. The van der Waals surface area contributed by atoms with Gasteiger partial charge < -0.3 is 16.4 Å². The van der Waals surface area contributed by atoms with E-state index in [-0.39, 0.29) is 5.91 Å². The molecular weight excluding hydrogens is 330 g/mol. The van der Waals surface area contributed by atoms with Gasteiger partial charge >= 0.3 is 0 Å². The number of nitrogens with one attached hydrogen (secondary N) is 2. The molecule has 3 rings (SSSR count). The zero-order valence-corrected chi connectivity index (χ0v) is 13.3. The van der Waals surface area contributed by atoms with Gasteiger partial charge in [-0.2, -0.15) is 0 Å². The highest BCUT2D eigenvalue weighted by molar-refractivity contribution is 9.10. The number of anilines is 4. The Balaban J connectivity index is 1.95. The molecule has 108 valence electrons. The molecule has 0 radical (unpaired) electrons. The molecule has 0 aliphatic carbocycles. The maximum atomic E-state index is 11.5. The minimum absolute atomic E-state index is 0.0537. The van der Waals surface area contributed by atoms with Gasteiger partial charge in [-0.1, -0.05) is 15.9 Å². The third kappa shape index (κ3) is 2.88. The zero-order chi connectivity index (χ0) is 15.0. The molecule has 2 aromatic rings. The van der Waals surface area contributed by atoms with Crippen molar-refractivity contribution in [3.8, 4) is 0 Å². The molecule has 21 heavy (non-hydrogen) atoms. The van der Waals surface area contributed by atoms with Crippen LogP contribution in [0, 0.1) is 6.92 Å². The number of amides is 1. The van der Waals surface area contributed by atoms with Crippen LogP contribution in [0.1, 0.15) is 17.5 Å². The summed E-state index contributed by atoms with van der Waals surface area (Å²) in [5, 5.41) is 6.23. The summed E-state index contributed by atoms with van der Waals surface area (Å²) in [6.45, 7) is 2.03. The van der Waals surface area contributed by atoms with Crippen LogP contribution in [0.4, 0.5) is 22.7 Å². The quantitative estimate of drug-likeness (QED) is 0.721. The van der Waals surface area contributed by atoms with Gasteiger partial charge in [0.2, 0.25) is 5.91 Å². The summed E-state index contributed by atoms with van der Waals surface area (Å²) >= 11 is 3.45. The summed E-state index contributed by atoms with van der Waals surface area (Å²) in [4.78, 5) is 11.5. The largest absolute Gasteiger partial charge is 0.397 e. The first-order chi connectivity index (χ1) is 10.0. The van der Waals surface area contributed by atoms with Gasteiger partial charge in [0.05, 0.1) is 11.4 Å². The van der Waals surface area contributed by atoms with Crippen molar-refractivity contribution in [1.82, 2.24) is 0 Å². The summed E-state index contributed by atoms with van der Waals surface area (Å²) in [5.74, 6) is 0.0537. The second-order valence-corrected chi connectivity index (χ2v) is 6.14. The van der Waals surface area contributed by atoms with Crippen molar-refractivity contribution in [3.63, 3.8) is 0 Å². The summed E-state index contributed by atoms with van der Waals surface area (Å²) in [6.07, 6.45) is 1.26. The van der Waals surface area contributed by atoms with Crippen molar-refractivity contribution >= 4 is 44.6 Å². The van der Waals surface area contributed by atoms with E-state index in [1.54, 1.807) is 0 Å². The van der Waals surface area contributed by atoms with Crippen LogP contribution >= 0.6 is 15.9 Å². The van der Waals surface area contributed by atoms with Gasteiger partial charge in [0.1, 0.15) is 0 Å². The lowest BCUT2D eigenvalue weighted by molar-refractivity contribution is -0.116. The molecule has 5 heteroatoms. The number of carbonyl (C=O) groups excluding carboxylic acids is 1. The lowest BCUT2D eigenvalue weighted by Crippen LogP contribution is -2.19. The van der Waals surface area contributed by atoms with Crippen LogP contribution in [-0.2, 0) is 11.2 Å². The first-order valence-corrected chi connectivity index (χ1v) is 7.57. The number of fused-ring (bicyclic) bond motifs is 1. The van der Waals surface area contributed by atoms with Gasteiger partial charge in [-0.3, -0.25) is 4.79 Å². The van der Waals surface area contributed by atoms with Gasteiger partial charge in [-0.25, -0.2) is 0 Å². The Bertz CT molecular complexity index is 728. The zero-order valence-electron chi connectivity index (χ0n) is 11.7. The van der Waals surface area contributed by atoms with Crippen LogP contribution in [0.2, 0.25) is 0 Å². The lowest BCUT2D eigenvalue weighted by atomic mass is 10.0. The highest BCUT2D eigenvalue weighted by atomic mass is 79.9. The van der Waals surface area contributed by atoms with Gasteiger partial charge in [0, 0.05) is 22.3 Å². The van der Waals surface area contributed by atoms with Crippen LogP contribution in [0.15, 0.2) is 34.8 Å². The second-order valence-electron chi connectivity index (χ2n) is 5.23. The fourth-order valence-corrected chi connectivity index (χ4v) is 2.94. The van der Waals surface area contributed by atoms with E-state index in [1.807, 2.05) is 37.3 Å². The van der Waals surface area contributed by atoms with E-state index in [2.05, 4.69) is 26.6 Å². The van der Waals surface area contributed by atoms with Gasteiger partial charge in [0.25, 0.3) is 0 Å². The first-order valence-electron chi connectivity index (χ1n) is 6.78. The number of aryl methyl sites for hydroxylation is 2. The lowest BCUT2D eigenvalue weighted by Gasteiger charge is -2.20. The van der Waals surface area contributed by atoms with E-state index in [0.29, 0.717) is 12.1 Å². The molecule has 2 aromatic carbocycles. The molecule has 0 unspecified atom stereocenters. The van der Waals surface area contributed by atoms with Crippen molar-refractivity contribution in [2.45, 2.75) is 19.8 Å². The Morgan fingerprint density at radius 1 is 1.19 bits per heavy atom. The standard InChI is InChI=1S/C16H16BrN3O/c1-9-6-11(17)3-4-13(9)19-15-8-14-10(7-12(15)18)2-5-16(21)20-14/h3-4,6-8,19H,2,5,18H2,1H3,(H,20,21). The second kappa shape index (κ2) is 5.41. The third-order valence-corrected chi connectivity index (χ3v) is 4.12. The molecule has 1 amide bonds. The first kappa shape index (κ1) is 13.9. The predicted octanol–water partition coefficient (Wildman–Crippen LogP) is 3.97. The van der Waals surface area contributed by atoms with Crippen LogP contribution in [0.3, 0.4) is 0 Å². The van der Waals surface area contributed by atoms with E-state index in [0.717, 1.165) is 39.1 Å². The molecule has 1 heterocycles. The smallest absolute Gasteiger partial charge is 0.224 e. The summed E-state index contributed by atoms with van der Waals surface area (Å²) in [5.41, 5.74) is 11.7. The summed E-state index contributed by atoms with van der Waals surface area (Å²) in [7, 11) is 0. The molecule has 1 aliphatic rings. The van der Waals surface area contributed by atoms with E-state index < -0.39 is 0 Å². The molecule has 1 aliphatic heterocycles. The number of benzene rings is 2. The average Bonchev–Trinajstić information content (AvgIpc) is 2.43. The Labute approximate surface area is 131 Å². The normalized spacial score (nSPS) is 13.5. The number of hydrogen-bond acceptors (Lipinski definition) is 3. The Kier molecular flexibility index (Phi) is 3.59. The number of carbonyl (C=O) groups is 1. The molecule has 4 N–H and O–H groups in total. The topological polar surface area (TPSA) is 67.1 Å². The van der Waals surface area contributed by atoms with E-state index in [4.69, 9.17) is 5.73 Å². The Morgan fingerprint density at radius 3 is 2.76 bits per heavy atom. The Morgan fingerprint density at radius 2 is 2.00 bits per heavy atom. The van der Waals surface area contributed by atoms with Gasteiger partial charge in [-0.05, 0) is 54.8 Å². The van der Waals surface area contributed by atoms with Crippen LogP contribution in [0.25, 0.3) is 0 Å². The van der Waals surface area contributed by atoms with Crippen LogP contribution < -0.4 is 16.4 Å². The van der Waals surface area contributed by atoms with Crippen molar-refractivity contribution in [3.05, 3.63) is 45.9 Å². The fourth-order valence-electron chi connectivity index (χ4n) is 2.47. The predicted molar refractivity (Wildman–Crippen MR) is 90.0 cm³/mol. The van der Waals surface area contributed by atoms with Crippen molar-refractivity contribution < 1.29 is 4.79 Å². The molecule has 0 bridgehead atoms. The number of rotatable bonds is 2. The maximum absolute atomic E-state index is 11.5. The molecule has 0 atom stereocenters. The van der Waals surface area contributed by atoms with Gasteiger partial charge in [0.15, 0.2) is 0 Å². The molecule has 0 fully saturated rings. The van der Waals surface area contributed by atoms with E-state index >= 15 is 0 Å². The van der Waals surface area contributed by atoms with Crippen LogP contribution in [0.5, 0.6) is 0 Å². The summed E-state index contributed by atoms with van der Waals surface area (Å²) in [6, 6.07) is 9.86. The fraction of sp³-hybridized carbons (Fsp3) is 0.188. The Hall–Kier alpha value is -2.01. The molecule has 0 spiro atoms. The number of nitrogen functional groups attached to an aromatic ring is 1. The monoisotopic (exact) mass is 345 g/mol. The van der Waals surface area contributed by atoms with Gasteiger partial charge in [-0.15, -0.1) is 0 Å². The van der Waals surface area contributed by atoms with E-state index in [1.165, 1.54) is 0 Å². The maximum Gasteiger partial charge on any atom is 0.224 e. The number of hydrogen-bond donors (Lipinski definition) is 3. The van der Waals surface area contributed by atoms with Crippen molar-refractivity contribution in [2.24, 2.45) is 0 Å². The molecule has 0 aromatic heterocycles. The molecular formula is C16H16BrN3O. The summed E-state index contributed by atoms with van der Waals surface area (Å²) < 4.78 is 1.04. The number of halogens is 1.